The summed E-state index contributed by atoms with van der Waals surface area (Å²) in [5.41, 5.74) is 0.669. The summed E-state index contributed by atoms with van der Waals surface area (Å²) in [4.78, 5) is 24.6. The number of nitrogens with one attached hydrogen (secondary N) is 1. The third kappa shape index (κ3) is 3.61. The van der Waals surface area contributed by atoms with Crippen LogP contribution in [0.2, 0.25) is 0 Å². The second-order valence-electron chi connectivity index (χ2n) is 8.23. The van der Waals surface area contributed by atoms with Gasteiger partial charge in [0.1, 0.15) is 11.9 Å². The molecule has 1 fully saturated rings. The first kappa shape index (κ1) is 18.8. The van der Waals surface area contributed by atoms with Crippen LogP contribution in [0.15, 0.2) is 18.2 Å². The fourth-order valence-electron chi connectivity index (χ4n) is 3.51. The molecule has 3 atom stereocenters. The predicted molar refractivity (Wildman–Crippen MR) is 95.2 cm³/mol. The number of carbonyl (C=O) groups excluding carboxylic acids is 2. The Kier molecular flexibility index (Phi) is 5.06. The number of rotatable bonds is 5. The van der Waals surface area contributed by atoms with Crippen LogP contribution in [0, 0.1) is 17.2 Å². The lowest BCUT2D eigenvalue weighted by atomic mass is 9.66. The topological polar surface area (TPSA) is 64.6 Å². The molecule has 0 saturated heterocycles. The predicted octanol–water partition coefficient (Wildman–Crippen LogP) is 3.63. The van der Waals surface area contributed by atoms with Gasteiger partial charge in [0.05, 0.1) is 12.0 Å². The van der Waals surface area contributed by atoms with E-state index in [2.05, 4.69) is 19.2 Å². The molecule has 26 heavy (non-hydrogen) atoms. The van der Waals surface area contributed by atoms with Crippen LogP contribution in [-0.2, 0) is 19.1 Å². The molecule has 2 aliphatic rings. The summed E-state index contributed by atoms with van der Waals surface area (Å²) in [5.74, 6) is -1.46. The smallest absolute Gasteiger partial charge is 0.314 e. The molecule has 1 N–H and O–H groups in total. The fourth-order valence-corrected chi connectivity index (χ4v) is 3.51. The highest BCUT2D eigenvalue weighted by Gasteiger charge is 2.52. The minimum Gasteiger partial charge on any atom is -0.461 e. The zero-order chi connectivity index (χ0) is 19.1. The average molecular weight is 363 g/mol. The number of benzene rings is 1. The quantitative estimate of drug-likeness (QED) is 0.812. The molecule has 142 valence electrons. The molecule has 0 aromatic heterocycles. The van der Waals surface area contributed by atoms with Crippen molar-refractivity contribution in [3.63, 3.8) is 0 Å². The molecular formula is C20H26FNO4. The number of amides is 1. The van der Waals surface area contributed by atoms with Gasteiger partial charge in [-0.25, -0.2) is 4.39 Å². The van der Waals surface area contributed by atoms with Gasteiger partial charge in [-0.3, -0.25) is 9.59 Å². The van der Waals surface area contributed by atoms with Crippen molar-refractivity contribution >= 4 is 17.6 Å². The molecule has 0 unspecified atom stereocenters. The number of carbonyl (C=O) groups is 2. The molecule has 1 heterocycles. The van der Waals surface area contributed by atoms with Crippen LogP contribution < -0.4 is 5.32 Å². The molecule has 6 heteroatoms. The first-order chi connectivity index (χ1) is 12.2. The van der Waals surface area contributed by atoms with Crippen molar-refractivity contribution < 1.29 is 23.5 Å². The number of anilines is 1. The molecule has 0 radical (unpaired) electrons. The Hall–Kier alpha value is -1.95. The minimum atomic E-state index is -0.703. The zero-order valence-electron chi connectivity index (χ0n) is 15.7. The van der Waals surface area contributed by atoms with Crippen molar-refractivity contribution in [1.82, 2.24) is 0 Å². The Morgan fingerprint density at radius 2 is 2.08 bits per heavy atom. The second kappa shape index (κ2) is 6.99. The van der Waals surface area contributed by atoms with E-state index < -0.39 is 17.7 Å². The maximum absolute atomic E-state index is 13.4. The van der Waals surface area contributed by atoms with Gasteiger partial charge in [-0.2, -0.15) is 0 Å². The molecular weight excluding hydrogens is 337 g/mol. The number of hydrogen-bond donors (Lipinski definition) is 1. The van der Waals surface area contributed by atoms with Crippen LogP contribution in [0.25, 0.3) is 0 Å². The molecule has 0 spiro atoms. The van der Waals surface area contributed by atoms with Crippen molar-refractivity contribution in [2.45, 2.75) is 58.7 Å². The van der Waals surface area contributed by atoms with E-state index in [1.165, 1.54) is 18.2 Å². The van der Waals surface area contributed by atoms with Gasteiger partial charge >= 0.3 is 5.97 Å². The van der Waals surface area contributed by atoms with E-state index in [1.807, 2.05) is 13.8 Å². The molecule has 5 nitrogen and oxygen atoms in total. The van der Waals surface area contributed by atoms with Gasteiger partial charge in [0.25, 0.3) is 0 Å². The lowest BCUT2D eigenvalue weighted by molar-refractivity contribution is -0.206. The highest BCUT2D eigenvalue weighted by Crippen LogP contribution is 2.46. The van der Waals surface area contributed by atoms with E-state index >= 15 is 0 Å². The first-order valence-electron chi connectivity index (χ1n) is 9.10. The summed E-state index contributed by atoms with van der Waals surface area (Å²) in [5, 5.41) is 2.61. The normalized spacial score (nSPS) is 26.7. The number of halogens is 1. The summed E-state index contributed by atoms with van der Waals surface area (Å²) < 4.78 is 25.0. The van der Waals surface area contributed by atoms with E-state index in [1.54, 1.807) is 0 Å². The third-order valence-corrected chi connectivity index (χ3v) is 5.32. The van der Waals surface area contributed by atoms with E-state index in [0.717, 1.165) is 0 Å². The van der Waals surface area contributed by atoms with E-state index in [4.69, 9.17) is 9.47 Å². The largest absolute Gasteiger partial charge is 0.461 e. The summed E-state index contributed by atoms with van der Waals surface area (Å²) >= 11 is 0. The molecule has 0 bridgehead atoms. The first-order valence-corrected chi connectivity index (χ1v) is 9.10. The monoisotopic (exact) mass is 363 g/mol. The van der Waals surface area contributed by atoms with Gasteiger partial charge in [0, 0.05) is 30.6 Å². The molecule has 1 aromatic carbocycles. The van der Waals surface area contributed by atoms with Crippen LogP contribution >= 0.6 is 0 Å². The number of esters is 1. The minimum absolute atomic E-state index is 0.0118. The lowest BCUT2D eigenvalue weighted by Crippen LogP contribution is -2.57. The summed E-state index contributed by atoms with van der Waals surface area (Å²) in [6.07, 6.45) is 0.471. The SMILES string of the molecule is CC(C)CO[C@@H]1C[C@@H](OC(=O)[C@H]2CC(=O)Nc3cc(F)ccc32)C1(C)C. The van der Waals surface area contributed by atoms with Crippen molar-refractivity contribution in [2.75, 3.05) is 11.9 Å². The van der Waals surface area contributed by atoms with Gasteiger partial charge in [0.2, 0.25) is 5.91 Å². The maximum atomic E-state index is 13.4. The van der Waals surface area contributed by atoms with Crippen LogP contribution in [0.1, 0.15) is 52.0 Å². The van der Waals surface area contributed by atoms with Gasteiger partial charge in [-0.15, -0.1) is 0 Å². The Bertz CT molecular complexity index is 716. The highest BCUT2D eigenvalue weighted by molar-refractivity contribution is 6.00. The Labute approximate surface area is 153 Å². The third-order valence-electron chi connectivity index (χ3n) is 5.32. The van der Waals surface area contributed by atoms with E-state index in [0.29, 0.717) is 30.2 Å². The molecule has 1 amide bonds. The van der Waals surface area contributed by atoms with Crippen molar-refractivity contribution in [2.24, 2.45) is 11.3 Å². The standard InChI is InChI=1S/C20H26FNO4/c1-11(2)10-25-16-9-17(20(16,3)4)26-19(24)14-8-18(23)22-15-7-12(21)5-6-13(14)15/h5-7,11,14,16-17H,8-10H2,1-4H3,(H,22,23)/t14-,16+,17+/m0/s1. The Balaban J connectivity index is 1.67. The molecule has 3 rings (SSSR count). The zero-order valence-corrected chi connectivity index (χ0v) is 15.7. The second-order valence-corrected chi connectivity index (χ2v) is 8.23. The van der Waals surface area contributed by atoms with Gasteiger partial charge in [-0.1, -0.05) is 33.8 Å². The maximum Gasteiger partial charge on any atom is 0.314 e. The molecule has 1 aliphatic heterocycles. The number of fused-ring (bicyclic) bond motifs is 1. The summed E-state index contributed by atoms with van der Waals surface area (Å²) in [6, 6.07) is 4.06. The van der Waals surface area contributed by atoms with E-state index in [9.17, 15) is 14.0 Å². The lowest BCUT2D eigenvalue weighted by Gasteiger charge is -2.50. The number of ether oxygens (including phenoxy) is 2. The highest BCUT2D eigenvalue weighted by atomic mass is 19.1. The van der Waals surface area contributed by atoms with Crippen molar-refractivity contribution in [3.05, 3.63) is 29.6 Å². The molecule has 1 aromatic rings. The van der Waals surface area contributed by atoms with Crippen LogP contribution in [0.3, 0.4) is 0 Å². The summed E-state index contributed by atoms with van der Waals surface area (Å²) in [7, 11) is 0. The van der Waals surface area contributed by atoms with Crippen molar-refractivity contribution in [3.8, 4) is 0 Å². The average Bonchev–Trinajstić information content (AvgIpc) is 2.55. The fraction of sp³-hybridized carbons (Fsp3) is 0.600. The van der Waals surface area contributed by atoms with Crippen LogP contribution in [0.4, 0.5) is 10.1 Å². The van der Waals surface area contributed by atoms with Gasteiger partial charge in [-0.05, 0) is 23.6 Å². The Morgan fingerprint density at radius 1 is 1.35 bits per heavy atom. The van der Waals surface area contributed by atoms with Gasteiger partial charge in [0.15, 0.2) is 0 Å². The summed E-state index contributed by atoms with van der Waals surface area (Å²) in [6.45, 7) is 8.92. The van der Waals surface area contributed by atoms with E-state index in [-0.39, 0.29) is 30.0 Å². The van der Waals surface area contributed by atoms with Gasteiger partial charge < -0.3 is 14.8 Å². The van der Waals surface area contributed by atoms with Crippen LogP contribution in [-0.4, -0.2) is 30.7 Å². The van der Waals surface area contributed by atoms with Crippen LogP contribution in [0.5, 0.6) is 0 Å². The number of hydrogen-bond acceptors (Lipinski definition) is 4. The van der Waals surface area contributed by atoms with Crippen molar-refractivity contribution in [1.29, 1.82) is 0 Å². The molecule has 1 aliphatic carbocycles. The Morgan fingerprint density at radius 3 is 2.73 bits per heavy atom. The molecule has 1 saturated carbocycles.